The molecular weight excluding hydrogens is 364 g/mol. The molecule has 8 heteroatoms. The Bertz CT molecular complexity index is 856. The zero-order valence-corrected chi connectivity index (χ0v) is 15.7. The summed E-state index contributed by atoms with van der Waals surface area (Å²) in [5.41, 5.74) is 0.424. The van der Waals surface area contributed by atoms with Crippen LogP contribution in [0.5, 0.6) is 17.2 Å². The normalized spacial score (nSPS) is 21.2. The number of urea groups is 1. The Hall–Kier alpha value is -3.03. The van der Waals surface area contributed by atoms with Crippen LogP contribution in [-0.2, 0) is 9.59 Å². The van der Waals surface area contributed by atoms with Crippen molar-refractivity contribution in [2.75, 3.05) is 13.4 Å². The number of amides is 4. The van der Waals surface area contributed by atoms with Crippen LogP contribution in [0.3, 0.4) is 0 Å². The number of carbonyl (C=O) groups excluding carboxylic acids is 3. The minimum atomic E-state index is -0.706. The number of hydrogen-bond donors (Lipinski definition) is 1. The van der Waals surface area contributed by atoms with Crippen molar-refractivity contribution in [1.82, 2.24) is 10.2 Å². The van der Waals surface area contributed by atoms with Gasteiger partial charge >= 0.3 is 6.03 Å². The molecule has 3 aliphatic rings. The van der Waals surface area contributed by atoms with Crippen LogP contribution in [0.2, 0.25) is 0 Å². The molecule has 0 spiro atoms. The quantitative estimate of drug-likeness (QED) is 0.631. The van der Waals surface area contributed by atoms with E-state index in [0.717, 1.165) is 32.1 Å². The van der Waals surface area contributed by atoms with Gasteiger partial charge in [0.25, 0.3) is 11.8 Å². The predicted octanol–water partition coefficient (Wildman–Crippen LogP) is 2.61. The van der Waals surface area contributed by atoms with E-state index in [9.17, 15) is 14.4 Å². The van der Waals surface area contributed by atoms with Crippen LogP contribution in [0.4, 0.5) is 4.79 Å². The Balaban J connectivity index is 1.70. The lowest BCUT2D eigenvalue weighted by Crippen LogP contribution is -2.58. The molecule has 4 rings (SSSR count). The van der Waals surface area contributed by atoms with Gasteiger partial charge in [-0.3, -0.25) is 19.8 Å². The first-order valence-corrected chi connectivity index (χ1v) is 9.55. The smallest absolute Gasteiger partial charge is 0.331 e. The number of fused-ring (bicyclic) bond motifs is 1. The van der Waals surface area contributed by atoms with E-state index >= 15 is 0 Å². The zero-order chi connectivity index (χ0) is 19.7. The Morgan fingerprint density at radius 2 is 1.86 bits per heavy atom. The highest BCUT2D eigenvalue weighted by Crippen LogP contribution is 2.39. The molecule has 2 aliphatic heterocycles. The largest absolute Gasteiger partial charge is 0.493 e. The van der Waals surface area contributed by atoms with Gasteiger partial charge in [0.1, 0.15) is 11.3 Å². The van der Waals surface area contributed by atoms with Crippen LogP contribution in [0, 0.1) is 0 Å². The van der Waals surface area contributed by atoms with Crippen LogP contribution in [0.15, 0.2) is 17.7 Å². The molecule has 2 fully saturated rings. The van der Waals surface area contributed by atoms with Crippen molar-refractivity contribution in [3.05, 3.63) is 23.3 Å². The van der Waals surface area contributed by atoms with Crippen molar-refractivity contribution in [3.63, 3.8) is 0 Å². The summed E-state index contributed by atoms with van der Waals surface area (Å²) in [6.07, 6.45) is 5.99. The van der Waals surface area contributed by atoms with Gasteiger partial charge in [0.05, 0.1) is 6.61 Å². The molecule has 1 aliphatic carbocycles. The molecule has 0 aromatic heterocycles. The molecule has 1 aromatic carbocycles. The Morgan fingerprint density at radius 3 is 2.57 bits per heavy atom. The van der Waals surface area contributed by atoms with Crippen LogP contribution in [-0.4, -0.2) is 42.2 Å². The Morgan fingerprint density at radius 1 is 1.14 bits per heavy atom. The van der Waals surface area contributed by atoms with Gasteiger partial charge in [0.15, 0.2) is 11.5 Å². The molecule has 1 saturated heterocycles. The summed E-state index contributed by atoms with van der Waals surface area (Å²) >= 11 is 0. The maximum Gasteiger partial charge on any atom is 0.331 e. The number of benzene rings is 1. The standard InChI is InChI=1S/C20H22N2O6/c1-2-26-15-10-17-16(27-11-28-17)9-12(15)8-14-18(23)21-20(25)22(19(14)24)13-6-4-3-5-7-13/h8-10,13H,2-7,11H2,1H3,(H,21,23,25). The van der Waals surface area contributed by atoms with Gasteiger partial charge in [-0.15, -0.1) is 0 Å². The first kappa shape index (κ1) is 18.3. The first-order chi connectivity index (χ1) is 13.6. The first-order valence-electron chi connectivity index (χ1n) is 9.55. The molecule has 2 heterocycles. The second-order valence-corrected chi connectivity index (χ2v) is 6.96. The highest BCUT2D eigenvalue weighted by atomic mass is 16.7. The monoisotopic (exact) mass is 386 g/mol. The van der Waals surface area contributed by atoms with Crippen LogP contribution < -0.4 is 19.5 Å². The van der Waals surface area contributed by atoms with Gasteiger partial charge < -0.3 is 14.2 Å². The lowest BCUT2D eigenvalue weighted by atomic mass is 9.93. The molecule has 8 nitrogen and oxygen atoms in total. The van der Waals surface area contributed by atoms with E-state index < -0.39 is 17.8 Å². The zero-order valence-electron chi connectivity index (χ0n) is 15.7. The van der Waals surface area contributed by atoms with E-state index in [1.807, 2.05) is 6.92 Å². The van der Waals surface area contributed by atoms with Gasteiger partial charge in [0, 0.05) is 17.7 Å². The summed E-state index contributed by atoms with van der Waals surface area (Å²) < 4.78 is 16.4. The summed E-state index contributed by atoms with van der Waals surface area (Å²) in [7, 11) is 0. The van der Waals surface area contributed by atoms with Gasteiger partial charge in [-0.05, 0) is 31.9 Å². The maximum absolute atomic E-state index is 13.0. The summed E-state index contributed by atoms with van der Waals surface area (Å²) in [4.78, 5) is 39.0. The van der Waals surface area contributed by atoms with E-state index in [1.54, 1.807) is 12.1 Å². The minimum absolute atomic E-state index is 0.0926. The minimum Gasteiger partial charge on any atom is -0.493 e. The van der Waals surface area contributed by atoms with E-state index in [2.05, 4.69) is 5.32 Å². The molecular formula is C20H22N2O6. The van der Waals surface area contributed by atoms with Gasteiger partial charge in [-0.25, -0.2) is 4.79 Å². The van der Waals surface area contributed by atoms with Crippen molar-refractivity contribution >= 4 is 23.9 Å². The Labute approximate surface area is 162 Å². The summed E-state index contributed by atoms with van der Waals surface area (Å²) in [6.45, 7) is 2.34. The Kier molecular flexibility index (Phi) is 4.93. The average Bonchev–Trinajstić information content (AvgIpc) is 3.13. The summed E-state index contributed by atoms with van der Waals surface area (Å²) in [5.74, 6) is 0.257. The number of hydrogen-bond acceptors (Lipinski definition) is 6. The molecule has 0 unspecified atom stereocenters. The second kappa shape index (κ2) is 7.53. The second-order valence-electron chi connectivity index (χ2n) is 6.96. The summed E-state index contributed by atoms with van der Waals surface area (Å²) in [6, 6.07) is 2.52. The highest BCUT2D eigenvalue weighted by Gasteiger charge is 2.40. The fourth-order valence-corrected chi connectivity index (χ4v) is 3.83. The van der Waals surface area contributed by atoms with Crippen molar-refractivity contribution in [2.45, 2.75) is 45.1 Å². The molecule has 1 N–H and O–H groups in total. The third kappa shape index (κ3) is 3.30. The number of barbiturate groups is 1. The van der Waals surface area contributed by atoms with Crippen LogP contribution in [0.1, 0.15) is 44.6 Å². The fraction of sp³-hybridized carbons (Fsp3) is 0.450. The topological polar surface area (TPSA) is 94.2 Å². The summed E-state index contributed by atoms with van der Waals surface area (Å²) in [5, 5.41) is 2.29. The number of carbonyl (C=O) groups is 3. The number of imide groups is 2. The van der Waals surface area contributed by atoms with Gasteiger partial charge in [-0.1, -0.05) is 19.3 Å². The third-order valence-electron chi connectivity index (χ3n) is 5.18. The molecule has 28 heavy (non-hydrogen) atoms. The third-order valence-corrected chi connectivity index (χ3v) is 5.18. The fourth-order valence-electron chi connectivity index (χ4n) is 3.83. The molecule has 148 valence electrons. The molecule has 0 bridgehead atoms. The maximum atomic E-state index is 13.0. The molecule has 1 saturated carbocycles. The van der Waals surface area contributed by atoms with E-state index in [4.69, 9.17) is 14.2 Å². The van der Waals surface area contributed by atoms with E-state index in [0.29, 0.717) is 29.4 Å². The molecule has 0 radical (unpaired) electrons. The van der Waals surface area contributed by atoms with Crippen molar-refractivity contribution < 1.29 is 28.6 Å². The van der Waals surface area contributed by atoms with Crippen molar-refractivity contribution in [3.8, 4) is 17.2 Å². The predicted molar refractivity (Wildman–Crippen MR) is 99.0 cm³/mol. The number of nitrogens with one attached hydrogen (secondary N) is 1. The van der Waals surface area contributed by atoms with Crippen molar-refractivity contribution in [2.24, 2.45) is 0 Å². The van der Waals surface area contributed by atoms with Gasteiger partial charge in [-0.2, -0.15) is 0 Å². The lowest BCUT2D eigenvalue weighted by molar-refractivity contribution is -0.132. The van der Waals surface area contributed by atoms with Gasteiger partial charge in [0.2, 0.25) is 6.79 Å². The molecule has 1 aromatic rings. The van der Waals surface area contributed by atoms with Crippen LogP contribution in [0.25, 0.3) is 6.08 Å². The highest BCUT2D eigenvalue weighted by molar-refractivity contribution is 6.31. The van der Waals surface area contributed by atoms with E-state index in [1.165, 1.54) is 11.0 Å². The van der Waals surface area contributed by atoms with E-state index in [-0.39, 0.29) is 18.4 Å². The molecule has 0 atom stereocenters. The lowest BCUT2D eigenvalue weighted by Gasteiger charge is -2.35. The molecule has 4 amide bonds. The van der Waals surface area contributed by atoms with Crippen LogP contribution >= 0.6 is 0 Å². The number of nitrogens with zero attached hydrogens (tertiary/aromatic N) is 1. The average molecular weight is 386 g/mol. The SMILES string of the molecule is CCOc1cc2c(cc1C=C1C(=O)NC(=O)N(C3CCCCC3)C1=O)OCO2. The number of rotatable bonds is 4. The van der Waals surface area contributed by atoms with Crippen molar-refractivity contribution in [1.29, 1.82) is 0 Å². The number of ether oxygens (including phenoxy) is 3.